The summed E-state index contributed by atoms with van der Waals surface area (Å²) in [4.78, 5) is 29.7. The number of rotatable bonds is 9. The van der Waals surface area contributed by atoms with Crippen molar-refractivity contribution in [3.63, 3.8) is 0 Å². The summed E-state index contributed by atoms with van der Waals surface area (Å²) in [5.74, 6) is -1.29. The number of aromatic hydroxyl groups is 1. The second-order valence-corrected chi connectivity index (χ2v) is 10.6. The number of carbonyl (C=O) groups excluding carboxylic acids is 1. The van der Waals surface area contributed by atoms with Crippen LogP contribution < -0.4 is 25.7 Å². The first-order valence-corrected chi connectivity index (χ1v) is 14.5. The van der Waals surface area contributed by atoms with Crippen LogP contribution >= 0.6 is 0 Å². The SMILES string of the molecule is COc1ccccc1NC(=O)NCCc1c(C(c2ccc(OC(F)(F)F)cc2)c2c(O)c3ccccc3oc2=O)[nH]c2ccccc12. The Morgan fingerprint density at radius 2 is 1.62 bits per heavy atom. The summed E-state index contributed by atoms with van der Waals surface area (Å²) in [5, 5.41) is 18.2. The average Bonchev–Trinajstić information content (AvgIpc) is 3.41. The van der Waals surface area contributed by atoms with Crippen molar-refractivity contribution in [2.75, 3.05) is 19.0 Å². The minimum Gasteiger partial charge on any atom is -0.507 e. The van der Waals surface area contributed by atoms with Crippen LogP contribution in [0.2, 0.25) is 0 Å². The largest absolute Gasteiger partial charge is 0.573 e. The number of benzene rings is 4. The molecule has 1 unspecified atom stereocenters. The number of urea groups is 1. The Bertz CT molecular complexity index is 2120. The first-order chi connectivity index (χ1) is 22.6. The molecule has 0 saturated heterocycles. The molecule has 4 N–H and O–H groups in total. The molecule has 47 heavy (non-hydrogen) atoms. The van der Waals surface area contributed by atoms with Gasteiger partial charge in [0.2, 0.25) is 0 Å². The first kappa shape index (κ1) is 31.1. The maximum atomic E-state index is 13.6. The third-order valence-electron chi connectivity index (χ3n) is 7.71. The fourth-order valence-corrected chi connectivity index (χ4v) is 5.69. The fourth-order valence-electron chi connectivity index (χ4n) is 5.69. The van der Waals surface area contributed by atoms with E-state index in [-0.39, 0.29) is 35.2 Å². The Morgan fingerprint density at radius 3 is 2.36 bits per heavy atom. The van der Waals surface area contributed by atoms with E-state index in [0.717, 1.165) is 17.5 Å². The lowest BCUT2D eigenvalue weighted by atomic mass is 9.85. The Labute approximate surface area is 265 Å². The van der Waals surface area contributed by atoms with Crippen molar-refractivity contribution in [1.29, 1.82) is 0 Å². The van der Waals surface area contributed by atoms with E-state index in [4.69, 9.17) is 9.15 Å². The molecule has 1 atom stereocenters. The molecule has 6 aromatic rings. The highest BCUT2D eigenvalue weighted by Crippen LogP contribution is 2.41. The maximum absolute atomic E-state index is 13.6. The molecule has 6 rings (SSSR count). The van der Waals surface area contributed by atoms with E-state index in [1.54, 1.807) is 48.5 Å². The second kappa shape index (κ2) is 12.8. The number of aromatic nitrogens is 1. The zero-order valence-electron chi connectivity index (χ0n) is 24.9. The van der Waals surface area contributed by atoms with E-state index in [2.05, 4.69) is 20.4 Å². The molecule has 0 radical (unpaired) electrons. The predicted octanol–water partition coefficient (Wildman–Crippen LogP) is 7.43. The van der Waals surface area contributed by atoms with Crippen LogP contribution in [0.15, 0.2) is 106 Å². The van der Waals surface area contributed by atoms with E-state index in [1.165, 1.54) is 19.2 Å². The molecule has 0 fully saturated rings. The van der Waals surface area contributed by atoms with Gasteiger partial charge < -0.3 is 34.6 Å². The summed E-state index contributed by atoms with van der Waals surface area (Å²) in [6.07, 6.45) is -4.61. The normalized spacial score (nSPS) is 12.2. The summed E-state index contributed by atoms with van der Waals surface area (Å²) in [6.45, 7) is 0.166. The minimum atomic E-state index is -4.89. The number of H-pyrrole nitrogens is 1. The molecule has 4 aromatic carbocycles. The molecule has 9 nitrogen and oxygen atoms in total. The molecule has 0 spiro atoms. The van der Waals surface area contributed by atoms with Gasteiger partial charge >= 0.3 is 18.0 Å². The smallest absolute Gasteiger partial charge is 0.507 e. The van der Waals surface area contributed by atoms with Gasteiger partial charge in [-0.05, 0) is 60.0 Å². The van der Waals surface area contributed by atoms with E-state index >= 15 is 0 Å². The number of para-hydroxylation sites is 4. The minimum absolute atomic E-state index is 0.108. The van der Waals surface area contributed by atoms with Crippen LogP contribution in [0, 0.1) is 0 Å². The van der Waals surface area contributed by atoms with Gasteiger partial charge in [-0.1, -0.05) is 54.6 Å². The van der Waals surface area contributed by atoms with Gasteiger partial charge in [-0.3, -0.25) is 0 Å². The number of ether oxygens (including phenoxy) is 2. The van der Waals surface area contributed by atoms with Crippen LogP contribution in [0.25, 0.3) is 21.9 Å². The van der Waals surface area contributed by atoms with Crippen LogP contribution in [0.4, 0.5) is 23.7 Å². The quantitative estimate of drug-likeness (QED) is 0.121. The van der Waals surface area contributed by atoms with Gasteiger partial charge in [-0.2, -0.15) is 0 Å². The molecule has 2 aromatic heterocycles. The van der Waals surface area contributed by atoms with Crippen molar-refractivity contribution in [3.05, 3.63) is 130 Å². The number of amides is 2. The van der Waals surface area contributed by atoms with Crippen molar-refractivity contribution in [1.82, 2.24) is 10.3 Å². The van der Waals surface area contributed by atoms with Crippen molar-refractivity contribution >= 4 is 33.6 Å². The van der Waals surface area contributed by atoms with Gasteiger partial charge in [0.25, 0.3) is 0 Å². The molecular formula is C35H28F3N3O6. The molecule has 0 aliphatic rings. The Hall–Kier alpha value is -5.91. The number of fused-ring (bicyclic) bond motifs is 2. The number of hydrogen-bond donors (Lipinski definition) is 4. The van der Waals surface area contributed by atoms with Crippen LogP contribution in [-0.4, -0.2) is 36.1 Å². The lowest BCUT2D eigenvalue weighted by molar-refractivity contribution is -0.274. The third-order valence-corrected chi connectivity index (χ3v) is 7.71. The van der Waals surface area contributed by atoms with Crippen LogP contribution in [0.1, 0.15) is 28.3 Å². The summed E-state index contributed by atoms with van der Waals surface area (Å²) in [5.41, 5.74) is 2.02. The molecule has 0 saturated carbocycles. The van der Waals surface area contributed by atoms with Crippen LogP contribution in [0.3, 0.4) is 0 Å². The number of halogens is 3. The molecular weight excluding hydrogens is 615 g/mol. The highest BCUT2D eigenvalue weighted by Gasteiger charge is 2.33. The molecule has 0 aliphatic heterocycles. The fraction of sp³-hybridized carbons (Fsp3) is 0.143. The first-order valence-electron chi connectivity index (χ1n) is 14.5. The number of alkyl halides is 3. The highest BCUT2D eigenvalue weighted by atomic mass is 19.4. The topological polar surface area (TPSA) is 126 Å². The van der Waals surface area contributed by atoms with Gasteiger partial charge in [0.1, 0.15) is 22.8 Å². The molecule has 2 heterocycles. The number of nitrogens with one attached hydrogen (secondary N) is 3. The van der Waals surface area contributed by atoms with E-state index in [0.29, 0.717) is 33.8 Å². The molecule has 0 bridgehead atoms. The zero-order valence-corrected chi connectivity index (χ0v) is 24.9. The monoisotopic (exact) mass is 643 g/mol. The van der Waals surface area contributed by atoms with Gasteiger partial charge in [-0.15, -0.1) is 13.2 Å². The summed E-state index contributed by atoms with van der Waals surface area (Å²) >= 11 is 0. The Kier molecular flexibility index (Phi) is 8.49. The van der Waals surface area contributed by atoms with Gasteiger partial charge in [-0.25, -0.2) is 9.59 Å². The van der Waals surface area contributed by atoms with Gasteiger partial charge in [0.05, 0.1) is 29.7 Å². The van der Waals surface area contributed by atoms with Crippen LogP contribution in [0.5, 0.6) is 17.2 Å². The van der Waals surface area contributed by atoms with Crippen molar-refractivity contribution in [2.24, 2.45) is 0 Å². The molecule has 12 heteroatoms. The Balaban J connectivity index is 1.42. The number of carbonyl (C=O) groups is 1. The number of aromatic amines is 1. The van der Waals surface area contributed by atoms with E-state index < -0.39 is 29.7 Å². The van der Waals surface area contributed by atoms with Gasteiger partial charge in [0.15, 0.2) is 0 Å². The Morgan fingerprint density at radius 1 is 0.936 bits per heavy atom. The molecule has 0 aliphatic carbocycles. The van der Waals surface area contributed by atoms with Crippen molar-refractivity contribution < 1.29 is 37.0 Å². The molecule has 2 amide bonds. The van der Waals surface area contributed by atoms with Crippen LogP contribution in [-0.2, 0) is 6.42 Å². The lowest BCUT2D eigenvalue weighted by Crippen LogP contribution is -2.30. The third kappa shape index (κ3) is 6.57. The second-order valence-electron chi connectivity index (χ2n) is 10.6. The number of anilines is 1. The number of hydrogen-bond acceptors (Lipinski definition) is 6. The molecule has 240 valence electrons. The van der Waals surface area contributed by atoms with Gasteiger partial charge in [0, 0.05) is 23.1 Å². The summed E-state index contributed by atoms with van der Waals surface area (Å²) in [7, 11) is 1.50. The average molecular weight is 644 g/mol. The predicted molar refractivity (Wildman–Crippen MR) is 170 cm³/mol. The van der Waals surface area contributed by atoms with E-state index in [9.17, 15) is 27.9 Å². The maximum Gasteiger partial charge on any atom is 0.573 e. The standard InChI is InChI=1S/C35H28F3N3O6/c1-45-28-13-7-5-11-26(28)41-34(44)39-19-18-23-22-8-2-4-10-25(22)40-31(23)29(20-14-16-21(17-15-20)47-35(36,37)38)30-32(42)24-9-3-6-12-27(24)46-33(30)43/h2-17,29,40,42H,18-19H2,1H3,(H2,39,41,44). The van der Waals surface area contributed by atoms with Crippen molar-refractivity contribution in [2.45, 2.75) is 18.7 Å². The highest BCUT2D eigenvalue weighted by molar-refractivity contribution is 5.91. The lowest BCUT2D eigenvalue weighted by Gasteiger charge is -2.20. The summed E-state index contributed by atoms with van der Waals surface area (Å²) < 4.78 is 53.8. The van der Waals surface area contributed by atoms with Crippen molar-refractivity contribution in [3.8, 4) is 17.2 Å². The summed E-state index contributed by atoms with van der Waals surface area (Å²) in [6, 6.07) is 25.4. The van der Waals surface area contributed by atoms with E-state index in [1.807, 2.05) is 24.3 Å². The number of methoxy groups -OCH3 is 1. The zero-order chi connectivity index (χ0) is 33.1.